The van der Waals surface area contributed by atoms with Crippen molar-refractivity contribution in [1.82, 2.24) is 4.98 Å². The van der Waals surface area contributed by atoms with Gasteiger partial charge in [-0.25, -0.2) is 4.90 Å². The van der Waals surface area contributed by atoms with Crippen molar-refractivity contribution < 1.29 is 19.5 Å². The van der Waals surface area contributed by atoms with Crippen LogP contribution in [0.1, 0.15) is 27.7 Å². The maximum absolute atomic E-state index is 13.6. The summed E-state index contributed by atoms with van der Waals surface area (Å²) in [5.74, 6) is -3.31. The smallest absolute Gasteiger partial charge is 0.243 e. The molecule has 1 saturated heterocycles. The Hall–Kier alpha value is -4.39. The number of para-hydroxylation sites is 1. The molecule has 3 aromatic rings. The SMILES string of the molecule is O=C1C(C2=NC(c3ccccn3)C3C(=O)N(c4ccccc4)C(=O)C23)=C(O)c2ccccc21. The first-order valence-electron chi connectivity index (χ1n) is 10.6. The van der Waals surface area contributed by atoms with Crippen molar-refractivity contribution in [2.75, 3.05) is 4.90 Å². The lowest BCUT2D eigenvalue weighted by molar-refractivity contribution is -0.122. The van der Waals surface area contributed by atoms with Crippen molar-refractivity contribution in [3.63, 3.8) is 0 Å². The minimum Gasteiger partial charge on any atom is -0.506 e. The van der Waals surface area contributed by atoms with E-state index in [0.29, 0.717) is 22.5 Å². The number of anilines is 1. The summed E-state index contributed by atoms with van der Waals surface area (Å²) in [7, 11) is 0. The molecule has 1 aliphatic carbocycles. The minimum atomic E-state index is -0.986. The third kappa shape index (κ3) is 2.65. The molecule has 2 aromatic carbocycles. The number of hydrogen-bond donors (Lipinski definition) is 1. The maximum atomic E-state index is 13.6. The molecule has 1 aromatic heterocycles. The lowest BCUT2D eigenvalue weighted by Crippen LogP contribution is -2.33. The summed E-state index contributed by atoms with van der Waals surface area (Å²) in [5.41, 5.74) is 1.87. The number of aliphatic hydroxyl groups excluding tert-OH is 1. The van der Waals surface area contributed by atoms with E-state index in [4.69, 9.17) is 0 Å². The highest BCUT2D eigenvalue weighted by Crippen LogP contribution is 2.48. The number of aliphatic hydroxyl groups is 1. The average molecular weight is 435 g/mol. The highest BCUT2D eigenvalue weighted by molar-refractivity contribution is 6.42. The molecule has 3 unspecified atom stereocenters. The number of rotatable bonds is 3. The minimum absolute atomic E-state index is 0.0132. The Bertz CT molecular complexity index is 1400. The lowest BCUT2D eigenvalue weighted by Gasteiger charge is -2.17. The van der Waals surface area contributed by atoms with E-state index in [9.17, 15) is 19.5 Å². The van der Waals surface area contributed by atoms with E-state index in [1.807, 2.05) is 0 Å². The molecule has 7 nitrogen and oxygen atoms in total. The van der Waals surface area contributed by atoms with Crippen LogP contribution in [0.5, 0.6) is 0 Å². The van der Waals surface area contributed by atoms with Crippen molar-refractivity contribution in [2.24, 2.45) is 16.8 Å². The first-order valence-corrected chi connectivity index (χ1v) is 10.6. The number of Topliss-reactive ketones (excluding diaryl/α,β-unsaturated/α-hetero) is 1. The number of allylic oxidation sites excluding steroid dienone is 1. The molecule has 0 spiro atoms. The van der Waals surface area contributed by atoms with Crippen molar-refractivity contribution in [3.05, 3.63) is 101 Å². The number of aromatic nitrogens is 1. The molecule has 3 aliphatic rings. The third-order valence-electron chi connectivity index (χ3n) is 6.42. The summed E-state index contributed by atoms with van der Waals surface area (Å²) in [6, 6.07) is 19.9. The Balaban J connectivity index is 1.52. The molecule has 0 bridgehead atoms. The van der Waals surface area contributed by atoms with Crippen molar-refractivity contribution in [2.45, 2.75) is 6.04 Å². The fraction of sp³-hybridized carbons (Fsp3) is 0.115. The van der Waals surface area contributed by atoms with E-state index in [2.05, 4.69) is 9.98 Å². The second kappa shape index (κ2) is 7.06. The van der Waals surface area contributed by atoms with E-state index < -0.39 is 35.5 Å². The Morgan fingerprint density at radius 1 is 0.788 bits per heavy atom. The zero-order chi connectivity index (χ0) is 22.7. The number of nitrogens with zero attached hydrogens (tertiary/aromatic N) is 3. The molecule has 6 rings (SSSR count). The molecule has 1 N–H and O–H groups in total. The number of carbonyl (C=O) groups is 3. The quantitative estimate of drug-likeness (QED) is 0.635. The van der Waals surface area contributed by atoms with Gasteiger partial charge in [0.2, 0.25) is 11.8 Å². The Labute approximate surface area is 188 Å². The van der Waals surface area contributed by atoms with Crippen LogP contribution < -0.4 is 4.90 Å². The van der Waals surface area contributed by atoms with Crippen molar-refractivity contribution in [3.8, 4) is 0 Å². The summed E-state index contributed by atoms with van der Waals surface area (Å²) in [6.07, 6.45) is 1.60. The molecule has 7 heteroatoms. The Morgan fingerprint density at radius 2 is 1.48 bits per heavy atom. The molecule has 2 aliphatic heterocycles. The average Bonchev–Trinajstić information content (AvgIpc) is 3.44. The standard InChI is InChI=1S/C26H17N3O4/c30-23-15-10-4-5-11-16(15)24(31)20(23)22-19-18(21(28-22)17-12-6-7-13-27-17)25(32)29(26(19)33)14-8-2-1-3-9-14/h1-13,18-19,21,30H. The van der Waals surface area contributed by atoms with Gasteiger partial charge in [0.1, 0.15) is 11.8 Å². The van der Waals surface area contributed by atoms with Crippen LogP contribution in [0.2, 0.25) is 0 Å². The van der Waals surface area contributed by atoms with Gasteiger partial charge in [0.05, 0.1) is 34.5 Å². The van der Waals surface area contributed by atoms with Crippen LogP contribution >= 0.6 is 0 Å². The summed E-state index contributed by atoms with van der Waals surface area (Å²) in [4.78, 5) is 50.6. The highest BCUT2D eigenvalue weighted by Gasteiger charge is 2.59. The summed E-state index contributed by atoms with van der Waals surface area (Å²) in [5, 5.41) is 10.9. The number of benzene rings is 2. The fourth-order valence-electron chi connectivity index (χ4n) is 4.96. The van der Waals surface area contributed by atoms with Crippen molar-refractivity contribution in [1.29, 1.82) is 0 Å². The zero-order valence-corrected chi connectivity index (χ0v) is 17.3. The number of amides is 2. The first kappa shape index (κ1) is 19.3. The van der Waals surface area contributed by atoms with Gasteiger partial charge in [-0.3, -0.25) is 24.4 Å². The number of imide groups is 1. The van der Waals surface area contributed by atoms with E-state index in [1.165, 1.54) is 0 Å². The molecule has 0 saturated carbocycles. The molecule has 1 fully saturated rings. The van der Waals surface area contributed by atoms with E-state index in [1.54, 1.807) is 79.0 Å². The van der Waals surface area contributed by atoms with E-state index >= 15 is 0 Å². The van der Waals surface area contributed by atoms with Crippen LogP contribution in [0.4, 0.5) is 5.69 Å². The molecule has 0 radical (unpaired) electrons. The van der Waals surface area contributed by atoms with Gasteiger partial charge in [-0.1, -0.05) is 48.5 Å². The van der Waals surface area contributed by atoms with Crippen LogP contribution in [0.25, 0.3) is 5.76 Å². The Morgan fingerprint density at radius 3 is 2.18 bits per heavy atom. The fourth-order valence-corrected chi connectivity index (χ4v) is 4.96. The summed E-state index contributed by atoms with van der Waals surface area (Å²) < 4.78 is 0. The lowest BCUT2D eigenvalue weighted by atomic mass is 9.84. The van der Waals surface area contributed by atoms with E-state index in [0.717, 1.165) is 4.90 Å². The van der Waals surface area contributed by atoms with Crippen molar-refractivity contribution >= 4 is 34.8 Å². The zero-order valence-electron chi connectivity index (χ0n) is 17.3. The number of ketones is 1. The summed E-state index contributed by atoms with van der Waals surface area (Å²) >= 11 is 0. The Kier molecular flexibility index (Phi) is 4.13. The first-order chi connectivity index (χ1) is 16.1. The number of hydrogen-bond acceptors (Lipinski definition) is 6. The van der Waals surface area contributed by atoms with Gasteiger partial charge < -0.3 is 5.11 Å². The highest BCUT2D eigenvalue weighted by atomic mass is 16.3. The monoisotopic (exact) mass is 435 g/mol. The van der Waals surface area contributed by atoms with Gasteiger partial charge in [0, 0.05) is 17.3 Å². The van der Waals surface area contributed by atoms with Gasteiger partial charge in [0.15, 0.2) is 5.78 Å². The van der Waals surface area contributed by atoms with Gasteiger partial charge in [0.25, 0.3) is 0 Å². The number of pyridine rings is 1. The molecular formula is C26H17N3O4. The molecule has 2 amide bonds. The molecule has 33 heavy (non-hydrogen) atoms. The van der Waals surface area contributed by atoms with Crippen LogP contribution in [0.3, 0.4) is 0 Å². The van der Waals surface area contributed by atoms with Gasteiger partial charge in [-0.15, -0.1) is 0 Å². The molecular weight excluding hydrogens is 418 g/mol. The van der Waals surface area contributed by atoms with Crippen LogP contribution in [-0.2, 0) is 9.59 Å². The second-order valence-corrected chi connectivity index (χ2v) is 8.16. The van der Waals surface area contributed by atoms with Crippen LogP contribution in [-0.4, -0.2) is 33.4 Å². The summed E-state index contributed by atoms with van der Waals surface area (Å²) in [6.45, 7) is 0. The predicted octanol–water partition coefficient (Wildman–Crippen LogP) is 3.55. The van der Waals surface area contributed by atoms with Gasteiger partial charge in [-0.2, -0.15) is 0 Å². The third-order valence-corrected chi connectivity index (χ3v) is 6.42. The normalized spacial score (nSPS) is 23.8. The molecule has 160 valence electrons. The predicted molar refractivity (Wildman–Crippen MR) is 121 cm³/mol. The van der Waals surface area contributed by atoms with E-state index in [-0.39, 0.29) is 17.0 Å². The number of fused-ring (bicyclic) bond motifs is 2. The largest absolute Gasteiger partial charge is 0.506 e. The van der Waals surface area contributed by atoms with Crippen LogP contribution in [0, 0.1) is 11.8 Å². The second-order valence-electron chi connectivity index (χ2n) is 8.16. The number of aliphatic imine (C=N–C) groups is 1. The van der Waals surface area contributed by atoms with Gasteiger partial charge in [-0.05, 0) is 24.3 Å². The number of carbonyl (C=O) groups excluding carboxylic acids is 3. The maximum Gasteiger partial charge on any atom is 0.243 e. The van der Waals surface area contributed by atoms with Crippen LogP contribution in [0.15, 0.2) is 89.6 Å². The molecule has 3 atom stereocenters. The molecule has 3 heterocycles. The topological polar surface area (TPSA) is 99.9 Å². The van der Waals surface area contributed by atoms with Gasteiger partial charge >= 0.3 is 0 Å².